The number of aryl methyl sites for hydroxylation is 1. The number of aromatic nitrogens is 3. The summed E-state index contributed by atoms with van der Waals surface area (Å²) in [5.74, 6) is 1.79. The van der Waals surface area contributed by atoms with Crippen LogP contribution in [0.25, 0.3) is 101 Å². The van der Waals surface area contributed by atoms with Crippen LogP contribution in [0.5, 0.6) is 0 Å². The van der Waals surface area contributed by atoms with E-state index in [1.165, 1.54) is 22.3 Å². The molecule has 0 radical (unpaired) electrons. The third-order valence-electron chi connectivity index (χ3n) is 10.4. The zero-order valence-corrected chi connectivity index (χ0v) is 30.7. The molecule has 4 nitrogen and oxygen atoms in total. The number of hydrogen-bond acceptors (Lipinski definition) is 4. The molecule has 56 heavy (non-hydrogen) atoms. The van der Waals surface area contributed by atoms with Crippen molar-refractivity contribution in [3.63, 3.8) is 0 Å². The molecule has 0 aliphatic carbocycles. The minimum Gasteiger partial charge on any atom is -0.455 e. The summed E-state index contributed by atoms with van der Waals surface area (Å²) < 4.78 is 6.88. The number of furan rings is 1. The van der Waals surface area contributed by atoms with E-state index in [9.17, 15) is 0 Å². The fourth-order valence-corrected chi connectivity index (χ4v) is 7.66. The Balaban J connectivity index is 1.15. The number of benzene rings is 8. The molecule has 2 aromatic heterocycles. The maximum atomic E-state index is 6.88. The number of nitrogens with zero attached hydrogens (tertiary/aromatic N) is 3. The molecular weight excluding hydrogens is 683 g/mol. The van der Waals surface area contributed by atoms with Gasteiger partial charge < -0.3 is 4.42 Å². The quantitative estimate of drug-likeness (QED) is 0.165. The van der Waals surface area contributed by atoms with Crippen molar-refractivity contribution in [2.45, 2.75) is 6.92 Å². The Morgan fingerprint density at radius 1 is 0.357 bits per heavy atom. The molecule has 0 aliphatic heterocycles. The molecule has 2 heterocycles. The second kappa shape index (κ2) is 14.1. The van der Waals surface area contributed by atoms with Gasteiger partial charge in [0.15, 0.2) is 17.5 Å². The smallest absolute Gasteiger partial charge is 0.164 e. The van der Waals surface area contributed by atoms with Gasteiger partial charge in [-0.25, -0.2) is 15.0 Å². The largest absolute Gasteiger partial charge is 0.455 e. The summed E-state index contributed by atoms with van der Waals surface area (Å²) in [6.07, 6.45) is 0. The summed E-state index contributed by atoms with van der Waals surface area (Å²) in [7, 11) is 0. The van der Waals surface area contributed by atoms with Crippen molar-refractivity contribution in [1.29, 1.82) is 0 Å². The lowest BCUT2D eigenvalue weighted by molar-refractivity contribution is 0.670. The van der Waals surface area contributed by atoms with E-state index in [2.05, 4.69) is 159 Å². The van der Waals surface area contributed by atoms with E-state index in [1.807, 2.05) is 42.5 Å². The molecule has 0 bridgehead atoms. The Kier molecular flexibility index (Phi) is 8.34. The van der Waals surface area contributed by atoms with Crippen molar-refractivity contribution in [2.24, 2.45) is 0 Å². The zero-order valence-electron chi connectivity index (χ0n) is 30.7. The minimum atomic E-state index is 0.578. The van der Waals surface area contributed by atoms with E-state index in [-0.39, 0.29) is 0 Å². The highest BCUT2D eigenvalue weighted by Gasteiger charge is 2.22. The van der Waals surface area contributed by atoms with Crippen molar-refractivity contribution < 1.29 is 4.42 Å². The van der Waals surface area contributed by atoms with Crippen LogP contribution in [0.15, 0.2) is 199 Å². The summed E-state index contributed by atoms with van der Waals surface area (Å²) in [5.41, 5.74) is 14.5. The topological polar surface area (TPSA) is 51.8 Å². The number of rotatable bonds is 7. The highest BCUT2D eigenvalue weighted by Crippen LogP contribution is 2.44. The third kappa shape index (κ3) is 6.13. The van der Waals surface area contributed by atoms with E-state index in [1.54, 1.807) is 0 Å². The van der Waals surface area contributed by atoms with Gasteiger partial charge in [0.25, 0.3) is 0 Å². The average Bonchev–Trinajstić information content (AvgIpc) is 3.66. The Morgan fingerprint density at radius 3 is 1.52 bits per heavy atom. The second-order valence-corrected chi connectivity index (χ2v) is 14.1. The third-order valence-corrected chi connectivity index (χ3v) is 10.4. The molecule has 264 valence electrons. The van der Waals surface area contributed by atoms with Crippen molar-refractivity contribution in [3.05, 3.63) is 200 Å². The van der Waals surface area contributed by atoms with E-state index in [0.29, 0.717) is 17.5 Å². The highest BCUT2D eigenvalue weighted by molar-refractivity contribution is 6.17. The summed E-state index contributed by atoms with van der Waals surface area (Å²) in [4.78, 5) is 15.4. The molecule has 0 saturated heterocycles. The first-order chi connectivity index (χ1) is 27.7. The first-order valence-electron chi connectivity index (χ1n) is 18.9. The maximum Gasteiger partial charge on any atom is 0.164 e. The van der Waals surface area contributed by atoms with Gasteiger partial charge >= 0.3 is 0 Å². The molecule has 0 spiro atoms. The van der Waals surface area contributed by atoms with Crippen molar-refractivity contribution >= 4 is 21.9 Å². The molecule has 10 aromatic rings. The second-order valence-electron chi connectivity index (χ2n) is 14.1. The molecule has 4 heteroatoms. The highest BCUT2D eigenvalue weighted by atomic mass is 16.3. The molecule has 0 saturated carbocycles. The van der Waals surface area contributed by atoms with Crippen LogP contribution >= 0.6 is 0 Å². The van der Waals surface area contributed by atoms with Crippen LogP contribution in [-0.4, -0.2) is 15.0 Å². The van der Waals surface area contributed by atoms with E-state index < -0.39 is 0 Å². The summed E-state index contributed by atoms with van der Waals surface area (Å²) >= 11 is 0. The average molecular weight is 718 g/mol. The Labute approximate surface area is 325 Å². The molecular formula is C52H35N3O. The molecule has 0 fully saturated rings. The fourth-order valence-electron chi connectivity index (χ4n) is 7.66. The van der Waals surface area contributed by atoms with Gasteiger partial charge in [-0.05, 0) is 64.1 Å². The first kappa shape index (κ1) is 33.2. The van der Waals surface area contributed by atoms with Crippen LogP contribution < -0.4 is 0 Å². The van der Waals surface area contributed by atoms with Crippen LogP contribution in [0, 0.1) is 6.92 Å². The summed E-state index contributed by atoms with van der Waals surface area (Å²) in [6.45, 7) is 2.12. The van der Waals surface area contributed by atoms with Gasteiger partial charge in [0.05, 0.1) is 0 Å². The predicted octanol–water partition coefficient (Wildman–Crippen LogP) is 13.7. The van der Waals surface area contributed by atoms with Crippen molar-refractivity contribution in [1.82, 2.24) is 15.0 Å². The lowest BCUT2D eigenvalue weighted by Gasteiger charge is -2.13. The monoisotopic (exact) mass is 717 g/mol. The molecule has 0 amide bonds. The maximum absolute atomic E-state index is 6.88. The van der Waals surface area contributed by atoms with Gasteiger partial charge in [0.2, 0.25) is 0 Å². The Hall–Kier alpha value is -7.43. The van der Waals surface area contributed by atoms with Gasteiger partial charge in [-0.2, -0.15) is 0 Å². The fraction of sp³-hybridized carbons (Fsp3) is 0.0192. The minimum absolute atomic E-state index is 0.578. The van der Waals surface area contributed by atoms with Gasteiger partial charge in [-0.15, -0.1) is 0 Å². The summed E-state index contributed by atoms with van der Waals surface area (Å²) in [5, 5.41) is 2.11. The SMILES string of the molecule is Cc1cccc(-c2ccc(-c3nc(-c4ccccc4)nc(-c4ccc5c(oc6cccc(-c7ccc(-c8ccccc8)cc7)c65)c4-c4ccccc4)n3)cc2)c1. The Bertz CT molecular complexity index is 2990. The van der Waals surface area contributed by atoms with Gasteiger partial charge in [0.1, 0.15) is 11.2 Å². The number of hydrogen-bond donors (Lipinski definition) is 0. The number of fused-ring (bicyclic) bond motifs is 3. The van der Waals surface area contributed by atoms with Gasteiger partial charge in [-0.3, -0.25) is 0 Å². The van der Waals surface area contributed by atoms with Crippen LogP contribution in [0.3, 0.4) is 0 Å². The zero-order chi connectivity index (χ0) is 37.4. The van der Waals surface area contributed by atoms with Crippen LogP contribution in [0.2, 0.25) is 0 Å². The normalized spacial score (nSPS) is 11.3. The van der Waals surface area contributed by atoms with Gasteiger partial charge in [0, 0.05) is 33.0 Å². The van der Waals surface area contributed by atoms with Crippen molar-refractivity contribution in [2.75, 3.05) is 0 Å². The van der Waals surface area contributed by atoms with E-state index in [4.69, 9.17) is 19.4 Å². The van der Waals surface area contributed by atoms with Crippen LogP contribution in [0.4, 0.5) is 0 Å². The standard InChI is InChI=1S/C52H35N3O/c1-34-13-11-20-42(33-34)37-25-29-41(30-26-37)51-53-50(40-18-9-4-10-19-40)54-52(55-51)45-32-31-44-48-43(38-27-23-36(24-28-38)35-14-5-2-6-15-35)21-12-22-46(48)56-49(44)47(45)39-16-7-3-8-17-39/h2-33H,1H3. The molecule has 0 aliphatic rings. The molecule has 0 N–H and O–H groups in total. The van der Waals surface area contributed by atoms with Gasteiger partial charge in [-0.1, -0.05) is 181 Å². The van der Waals surface area contributed by atoms with Crippen LogP contribution in [0.1, 0.15) is 5.56 Å². The summed E-state index contributed by atoms with van der Waals surface area (Å²) in [6, 6.07) is 67.4. The molecule has 0 unspecified atom stereocenters. The first-order valence-corrected chi connectivity index (χ1v) is 18.9. The predicted molar refractivity (Wildman–Crippen MR) is 230 cm³/mol. The lowest BCUT2D eigenvalue weighted by Crippen LogP contribution is -2.01. The Morgan fingerprint density at radius 2 is 0.857 bits per heavy atom. The van der Waals surface area contributed by atoms with Crippen molar-refractivity contribution in [3.8, 4) is 78.7 Å². The lowest BCUT2D eigenvalue weighted by atomic mass is 9.93. The molecule has 10 rings (SSSR count). The van der Waals surface area contributed by atoms with Crippen LogP contribution in [-0.2, 0) is 0 Å². The van der Waals surface area contributed by atoms with E-state index >= 15 is 0 Å². The molecule has 8 aromatic carbocycles. The molecule has 0 atom stereocenters. The van der Waals surface area contributed by atoms with E-state index in [0.717, 1.165) is 66.4 Å².